The van der Waals surface area contributed by atoms with Gasteiger partial charge in [0, 0.05) is 13.1 Å². The van der Waals surface area contributed by atoms with Crippen LogP contribution in [0, 0.1) is 5.92 Å². The van der Waals surface area contributed by atoms with Crippen LogP contribution in [0.4, 0.5) is 0 Å². The summed E-state index contributed by atoms with van der Waals surface area (Å²) in [5.41, 5.74) is 0.468. The molecular formula is C21H27N3O4S. The van der Waals surface area contributed by atoms with Gasteiger partial charge in [0.1, 0.15) is 0 Å². The van der Waals surface area contributed by atoms with Gasteiger partial charge in [0.2, 0.25) is 0 Å². The molecule has 1 aromatic heterocycles. The summed E-state index contributed by atoms with van der Waals surface area (Å²) in [5, 5.41) is 3.60. The monoisotopic (exact) mass is 417 g/mol. The van der Waals surface area contributed by atoms with E-state index in [4.69, 9.17) is 4.74 Å². The van der Waals surface area contributed by atoms with Crippen molar-refractivity contribution in [1.82, 2.24) is 14.9 Å². The molecule has 0 unspecified atom stereocenters. The standard InChI is InChI=1S/C21H27N3O4S/c1-5-11-22-19(26)15(4)28-18(25)13-29-21-23-17-9-7-6-8-16(17)20(27)24(21)12-10-14(2)3/h5-9,14-15H,1,10-13H2,2-4H3,(H,22,26)/t15-/m0/s1. The molecule has 0 aliphatic carbocycles. The maximum absolute atomic E-state index is 12.9. The lowest BCUT2D eigenvalue weighted by atomic mass is 10.1. The molecule has 1 N–H and O–H groups in total. The Morgan fingerprint density at radius 2 is 2.03 bits per heavy atom. The smallest absolute Gasteiger partial charge is 0.317 e. The van der Waals surface area contributed by atoms with Gasteiger partial charge in [0.15, 0.2) is 11.3 Å². The fourth-order valence-corrected chi connectivity index (χ4v) is 3.37. The van der Waals surface area contributed by atoms with Crippen molar-refractivity contribution in [2.24, 2.45) is 5.92 Å². The topological polar surface area (TPSA) is 90.3 Å². The highest BCUT2D eigenvalue weighted by Crippen LogP contribution is 2.19. The molecule has 1 heterocycles. The third-order valence-corrected chi connectivity index (χ3v) is 5.12. The number of amides is 1. The van der Waals surface area contributed by atoms with E-state index in [1.165, 1.54) is 6.92 Å². The van der Waals surface area contributed by atoms with Gasteiger partial charge >= 0.3 is 5.97 Å². The summed E-state index contributed by atoms with van der Waals surface area (Å²) in [6, 6.07) is 7.15. The maximum Gasteiger partial charge on any atom is 0.317 e. The van der Waals surface area contributed by atoms with Crippen LogP contribution in [0.3, 0.4) is 0 Å². The molecule has 0 saturated carbocycles. The quantitative estimate of drug-likeness (QED) is 0.277. The van der Waals surface area contributed by atoms with Gasteiger partial charge < -0.3 is 10.1 Å². The molecule has 0 spiro atoms. The van der Waals surface area contributed by atoms with E-state index in [-0.39, 0.29) is 17.2 Å². The SMILES string of the molecule is C=CCNC(=O)[C@H](C)OC(=O)CSc1nc2ccccc2c(=O)n1CCC(C)C. The van der Waals surface area contributed by atoms with Crippen LogP contribution in [0.25, 0.3) is 10.9 Å². The molecule has 7 nitrogen and oxygen atoms in total. The number of hydrogen-bond acceptors (Lipinski definition) is 6. The van der Waals surface area contributed by atoms with Crippen LogP contribution in [0.2, 0.25) is 0 Å². The van der Waals surface area contributed by atoms with Crippen molar-refractivity contribution in [3.05, 3.63) is 47.3 Å². The number of thioether (sulfide) groups is 1. The van der Waals surface area contributed by atoms with Crippen LogP contribution >= 0.6 is 11.8 Å². The Bertz CT molecular complexity index is 939. The summed E-state index contributed by atoms with van der Waals surface area (Å²) >= 11 is 1.14. The molecule has 0 bridgehead atoms. The highest BCUT2D eigenvalue weighted by molar-refractivity contribution is 7.99. The average molecular weight is 418 g/mol. The molecule has 0 aliphatic heterocycles. The molecule has 2 aromatic rings. The van der Waals surface area contributed by atoms with Crippen molar-refractivity contribution in [2.75, 3.05) is 12.3 Å². The van der Waals surface area contributed by atoms with Crippen molar-refractivity contribution < 1.29 is 14.3 Å². The minimum Gasteiger partial charge on any atom is -0.452 e. The van der Waals surface area contributed by atoms with E-state index in [0.29, 0.717) is 35.1 Å². The van der Waals surface area contributed by atoms with Gasteiger partial charge in [-0.3, -0.25) is 19.0 Å². The van der Waals surface area contributed by atoms with Crippen LogP contribution in [0.1, 0.15) is 27.2 Å². The van der Waals surface area contributed by atoms with Gasteiger partial charge in [-0.05, 0) is 31.4 Å². The molecule has 8 heteroatoms. The number of ether oxygens (including phenoxy) is 1. The van der Waals surface area contributed by atoms with E-state index in [2.05, 4.69) is 30.7 Å². The molecule has 1 atom stereocenters. The zero-order valence-electron chi connectivity index (χ0n) is 17.0. The number of carbonyl (C=O) groups excluding carboxylic acids is 2. The molecule has 0 aliphatic rings. The predicted molar refractivity (Wildman–Crippen MR) is 115 cm³/mol. The largest absolute Gasteiger partial charge is 0.452 e. The molecule has 0 fully saturated rings. The van der Waals surface area contributed by atoms with Gasteiger partial charge in [0.25, 0.3) is 11.5 Å². The number of nitrogens with one attached hydrogen (secondary N) is 1. The Kier molecular flexibility index (Phi) is 8.45. The van der Waals surface area contributed by atoms with Crippen molar-refractivity contribution in [2.45, 2.75) is 45.0 Å². The summed E-state index contributed by atoms with van der Waals surface area (Å²) in [6.45, 7) is 10.0. The van der Waals surface area contributed by atoms with E-state index in [0.717, 1.165) is 18.2 Å². The van der Waals surface area contributed by atoms with Crippen molar-refractivity contribution >= 4 is 34.5 Å². The minimum atomic E-state index is -0.907. The minimum absolute atomic E-state index is 0.0501. The van der Waals surface area contributed by atoms with E-state index >= 15 is 0 Å². The highest BCUT2D eigenvalue weighted by atomic mass is 32.2. The second-order valence-electron chi connectivity index (χ2n) is 7.01. The maximum atomic E-state index is 12.9. The van der Waals surface area contributed by atoms with Crippen molar-refractivity contribution in [3.8, 4) is 0 Å². The van der Waals surface area contributed by atoms with Gasteiger partial charge in [-0.1, -0.05) is 43.8 Å². The van der Waals surface area contributed by atoms with E-state index in [1.54, 1.807) is 28.8 Å². The summed E-state index contributed by atoms with van der Waals surface area (Å²) in [6.07, 6.45) is 1.46. The average Bonchev–Trinajstić information content (AvgIpc) is 2.69. The first-order chi connectivity index (χ1) is 13.8. The Labute approximate surface area is 174 Å². The fourth-order valence-electron chi connectivity index (χ4n) is 2.57. The Hall–Kier alpha value is -2.61. The van der Waals surface area contributed by atoms with E-state index in [9.17, 15) is 14.4 Å². The normalized spacial score (nSPS) is 12.0. The molecule has 1 aromatic carbocycles. The van der Waals surface area contributed by atoms with Gasteiger partial charge in [-0.2, -0.15) is 0 Å². The lowest BCUT2D eigenvalue weighted by Gasteiger charge is -2.15. The molecular weight excluding hydrogens is 390 g/mol. The molecule has 1 amide bonds. The number of nitrogens with zero attached hydrogens (tertiary/aromatic N) is 2. The molecule has 0 saturated heterocycles. The van der Waals surface area contributed by atoms with Crippen LogP contribution in [0.15, 0.2) is 46.9 Å². The lowest BCUT2D eigenvalue weighted by molar-refractivity contribution is -0.152. The molecule has 29 heavy (non-hydrogen) atoms. The van der Waals surface area contributed by atoms with Crippen LogP contribution < -0.4 is 10.9 Å². The van der Waals surface area contributed by atoms with Gasteiger partial charge in [-0.15, -0.1) is 6.58 Å². The number of esters is 1. The fraction of sp³-hybridized carbons (Fsp3) is 0.429. The summed E-state index contributed by atoms with van der Waals surface area (Å²) in [4.78, 5) is 41.5. The van der Waals surface area contributed by atoms with Crippen LogP contribution in [-0.4, -0.2) is 39.8 Å². The third-order valence-electron chi connectivity index (χ3n) is 4.17. The van der Waals surface area contributed by atoms with Gasteiger partial charge in [-0.25, -0.2) is 4.98 Å². The number of fused-ring (bicyclic) bond motifs is 1. The number of para-hydroxylation sites is 1. The number of benzene rings is 1. The zero-order chi connectivity index (χ0) is 21.4. The first kappa shape index (κ1) is 22.7. The van der Waals surface area contributed by atoms with Crippen LogP contribution in [0.5, 0.6) is 0 Å². The first-order valence-electron chi connectivity index (χ1n) is 9.54. The molecule has 156 valence electrons. The predicted octanol–water partition coefficient (Wildman–Crippen LogP) is 2.77. The Morgan fingerprint density at radius 3 is 2.72 bits per heavy atom. The van der Waals surface area contributed by atoms with Gasteiger partial charge in [0.05, 0.1) is 16.7 Å². The third kappa shape index (κ3) is 6.45. The number of aromatic nitrogens is 2. The number of rotatable bonds is 10. The number of hydrogen-bond donors (Lipinski definition) is 1. The second-order valence-corrected chi connectivity index (χ2v) is 7.95. The number of carbonyl (C=O) groups is 2. The lowest BCUT2D eigenvalue weighted by Crippen LogP contribution is -2.36. The van der Waals surface area contributed by atoms with E-state index in [1.807, 2.05) is 6.07 Å². The van der Waals surface area contributed by atoms with E-state index < -0.39 is 12.1 Å². The Morgan fingerprint density at radius 1 is 1.31 bits per heavy atom. The zero-order valence-corrected chi connectivity index (χ0v) is 17.8. The molecule has 2 rings (SSSR count). The summed E-state index contributed by atoms with van der Waals surface area (Å²) < 4.78 is 6.78. The van der Waals surface area contributed by atoms with Crippen molar-refractivity contribution in [3.63, 3.8) is 0 Å². The summed E-state index contributed by atoms with van der Waals surface area (Å²) in [5.74, 6) is -0.563. The Balaban J connectivity index is 2.14. The molecule has 0 radical (unpaired) electrons. The van der Waals surface area contributed by atoms with Crippen LogP contribution in [-0.2, 0) is 20.9 Å². The first-order valence-corrected chi connectivity index (χ1v) is 10.5. The summed E-state index contributed by atoms with van der Waals surface area (Å²) in [7, 11) is 0. The second kappa shape index (κ2) is 10.8. The highest BCUT2D eigenvalue weighted by Gasteiger charge is 2.19. The van der Waals surface area contributed by atoms with Crippen molar-refractivity contribution in [1.29, 1.82) is 0 Å².